The minimum Gasteiger partial charge on any atom is -0.397 e. The third-order valence-corrected chi connectivity index (χ3v) is 4.31. The molecule has 0 unspecified atom stereocenters. The van der Waals surface area contributed by atoms with Crippen LogP contribution >= 0.6 is 0 Å². The minimum atomic E-state index is -3.50. The maximum atomic E-state index is 11.8. The highest BCUT2D eigenvalue weighted by Crippen LogP contribution is 2.23. The molecule has 2 rings (SSSR count). The van der Waals surface area contributed by atoms with Gasteiger partial charge in [0.15, 0.2) is 0 Å². The first kappa shape index (κ1) is 15.2. The van der Waals surface area contributed by atoms with Crippen LogP contribution in [0.1, 0.15) is 11.5 Å². The zero-order valence-electron chi connectivity index (χ0n) is 11.8. The molecule has 0 fully saturated rings. The van der Waals surface area contributed by atoms with E-state index < -0.39 is 10.0 Å². The number of sulfonamides is 1. The highest BCUT2D eigenvalue weighted by atomic mass is 32.2. The number of nitrogens with one attached hydrogen (secondary N) is 2. The largest absolute Gasteiger partial charge is 0.397 e. The number of rotatable bonds is 5. The van der Waals surface area contributed by atoms with Gasteiger partial charge in [-0.3, -0.25) is 0 Å². The van der Waals surface area contributed by atoms with Crippen LogP contribution in [0.5, 0.6) is 0 Å². The molecule has 112 valence electrons. The van der Waals surface area contributed by atoms with Gasteiger partial charge in [-0.1, -0.05) is 0 Å². The Kier molecular flexibility index (Phi) is 4.39. The third kappa shape index (κ3) is 3.67. The first-order valence-electron chi connectivity index (χ1n) is 6.28. The van der Waals surface area contributed by atoms with E-state index in [2.05, 4.69) is 20.0 Å². The standard InChI is InChI=1S/C13H17N5O2S/c1-9-16-6-5-10(18-9)8-17-13-7-11(3-4-12(13)14)21(19,20)15-2/h3-7,15,17H,8,14H2,1-2H3. The summed E-state index contributed by atoms with van der Waals surface area (Å²) in [6.45, 7) is 2.23. The lowest BCUT2D eigenvalue weighted by atomic mass is 10.2. The molecule has 0 saturated heterocycles. The lowest BCUT2D eigenvalue weighted by Gasteiger charge is -2.11. The molecule has 1 aromatic heterocycles. The molecular formula is C13H17N5O2S. The van der Waals surface area contributed by atoms with E-state index in [4.69, 9.17) is 5.73 Å². The molecule has 2 aromatic rings. The van der Waals surface area contributed by atoms with Crippen LogP contribution in [-0.4, -0.2) is 25.4 Å². The van der Waals surface area contributed by atoms with Crippen molar-refractivity contribution in [2.45, 2.75) is 18.4 Å². The van der Waals surface area contributed by atoms with Gasteiger partial charge in [0.25, 0.3) is 0 Å². The van der Waals surface area contributed by atoms with Gasteiger partial charge in [-0.05, 0) is 38.2 Å². The van der Waals surface area contributed by atoms with Crippen molar-refractivity contribution in [3.8, 4) is 0 Å². The van der Waals surface area contributed by atoms with Gasteiger partial charge >= 0.3 is 0 Å². The highest BCUT2D eigenvalue weighted by Gasteiger charge is 2.13. The number of nitrogens with two attached hydrogens (primary N) is 1. The lowest BCUT2D eigenvalue weighted by molar-refractivity contribution is 0.588. The van der Waals surface area contributed by atoms with Crippen LogP contribution in [0.3, 0.4) is 0 Å². The average molecular weight is 307 g/mol. The van der Waals surface area contributed by atoms with Crippen molar-refractivity contribution >= 4 is 21.4 Å². The number of aromatic nitrogens is 2. The summed E-state index contributed by atoms with van der Waals surface area (Å²) < 4.78 is 25.8. The van der Waals surface area contributed by atoms with Gasteiger partial charge in [0.05, 0.1) is 28.5 Å². The van der Waals surface area contributed by atoms with Crippen LogP contribution in [0.15, 0.2) is 35.4 Å². The molecule has 8 heteroatoms. The Hall–Kier alpha value is -2.19. The topological polar surface area (TPSA) is 110 Å². The SMILES string of the molecule is CNS(=O)(=O)c1ccc(N)c(NCc2ccnc(C)n2)c1. The first-order valence-corrected chi connectivity index (χ1v) is 7.76. The molecule has 1 aromatic carbocycles. The van der Waals surface area contributed by atoms with E-state index in [9.17, 15) is 8.42 Å². The molecule has 4 N–H and O–H groups in total. The quantitative estimate of drug-likeness (QED) is 0.708. The fourth-order valence-electron chi connectivity index (χ4n) is 1.76. The molecule has 0 bridgehead atoms. The summed E-state index contributed by atoms with van der Waals surface area (Å²) in [5.74, 6) is 0.675. The van der Waals surface area contributed by atoms with E-state index in [1.54, 1.807) is 25.3 Å². The van der Waals surface area contributed by atoms with Crippen molar-refractivity contribution in [2.24, 2.45) is 0 Å². The van der Waals surface area contributed by atoms with Crippen LogP contribution in [-0.2, 0) is 16.6 Å². The zero-order valence-corrected chi connectivity index (χ0v) is 12.6. The summed E-state index contributed by atoms with van der Waals surface area (Å²) in [6.07, 6.45) is 1.67. The van der Waals surface area contributed by atoms with Crippen LogP contribution < -0.4 is 15.8 Å². The van der Waals surface area contributed by atoms with Gasteiger partial charge in [-0.25, -0.2) is 23.1 Å². The van der Waals surface area contributed by atoms with E-state index in [0.29, 0.717) is 23.7 Å². The summed E-state index contributed by atoms with van der Waals surface area (Å²) in [7, 11) is -2.13. The van der Waals surface area contributed by atoms with Crippen molar-refractivity contribution in [1.82, 2.24) is 14.7 Å². The van der Waals surface area contributed by atoms with Crippen molar-refractivity contribution in [3.63, 3.8) is 0 Å². The van der Waals surface area contributed by atoms with Gasteiger partial charge < -0.3 is 11.1 Å². The van der Waals surface area contributed by atoms with Gasteiger partial charge in [0.2, 0.25) is 10.0 Å². The number of nitrogens with zero attached hydrogens (tertiary/aromatic N) is 2. The Labute approximate surface area is 123 Å². The minimum absolute atomic E-state index is 0.153. The average Bonchev–Trinajstić information content (AvgIpc) is 2.46. The van der Waals surface area contributed by atoms with Gasteiger partial charge in [0, 0.05) is 6.20 Å². The van der Waals surface area contributed by atoms with Gasteiger partial charge in [-0.2, -0.15) is 0 Å². The van der Waals surface area contributed by atoms with E-state index in [0.717, 1.165) is 5.69 Å². The van der Waals surface area contributed by atoms with Crippen LogP contribution in [0.25, 0.3) is 0 Å². The van der Waals surface area contributed by atoms with E-state index in [-0.39, 0.29) is 4.90 Å². The maximum Gasteiger partial charge on any atom is 0.240 e. The Morgan fingerprint density at radius 1 is 1.29 bits per heavy atom. The number of nitrogen functional groups attached to an aromatic ring is 1. The van der Waals surface area contributed by atoms with Crippen molar-refractivity contribution in [2.75, 3.05) is 18.1 Å². The Bertz CT molecular complexity index is 746. The predicted molar refractivity (Wildman–Crippen MR) is 81.2 cm³/mol. The van der Waals surface area contributed by atoms with Crippen LogP contribution in [0.4, 0.5) is 11.4 Å². The molecule has 0 aliphatic rings. The van der Waals surface area contributed by atoms with E-state index in [1.807, 2.05) is 0 Å². The predicted octanol–water partition coefficient (Wildman–Crippen LogP) is 0.887. The normalized spacial score (nSPS) is 11.3. The maximum absolute atomic E-state index is 11.8. The summed E-state index contributed by atoms with van der Waals surface area (Å²) >= 11 is 0. The molecular weight excluding hydrogens is 290 g/mol. The smallest absolute Gasteiger partial charge is 0.240 e. The molecule has 21 heavy (non-hydrogen) atoms. The highest BCUT2D eigenvalue weighted by molar-refractivity contribution is 7.89. The number of benzene rings is 1. The fraction of sp³-hybridized carbons (Fsp3) is 0.231. The summed E-state index contributed by atoms with van der Waals surface area (Å²) in [5, 5.41) is 3.09. The number of anilines is 2. The molecule has 0 radical (unpaired) electrons. The molecule has 0 spiro atoms. The number of aryl methyl sites for hydroxylation is 1. The summed E-state index contributed by atoms with van der Waals surface area (Å²) in [5.41, 5.74) is 7.67. The molecule has 7 nitrogen and oxygen atoms in total. The Morgan fingerprint density at radius 2 is 2.05 bits per heavy atom. The molecule has 0 aliphatic heterocycles. The van der Waals surface area contributed by atoms with Crippen molar-refractivity contribution < 1.29 is 8.42 Å². The van der Waals surface area contributed by atoms with E-state index in [1.165, 1.54) is 19.2 Å². The van der Waals surface area contributed by atoms with Gasteiger partial charge in [-0.15, -0.1) is 0 Å². The second-order valence-electron chi connectivity index (χ2n) is 4.41. The second-order valence-corrected chi connectivity index (χ2v) is 6.29. The molecule has 1 heterocycles. The monoisotopic (exact) mass is 307 g/mol. The zero-order chi connectivity index (χ0) is 15.5. The first-order chi connectivity index (χ1) is 9.92. The fourth-order valence-corrected chi connectivity index (χ4v) is 2.52. The Morgan fingerprint density at radius 3 is 2.71 bits per heavy atom. The summed E-state index contributed by atoms with van der Waals surface area (Å²) in [4.78, 5) is 8.43. The van der Waals surface area contributed by atoms with Gasteiger partial charge in [0.1, 0.15) is 5.82 Å². The Balaban J connectivity index is 2.22. The number of hydrogen-bond acceptors (Lipinski definition) is 6. The molecule has 0 aliphatic carbocycles. The number of hydrogen-bond donors (Lipinski definition) is 3. The van der Waals surface area contributed by atoms with Crippen LogP contribution in [0, 0.1) is 6.92 Å². The summed E-state index contributed by atoms with van der Waals surface area (Å²) in [6, 6.07) is 6.29. The molecule has 0 atom stereocenters. The third-order valence-electron chi connectivity index (χ3n) is 2.90. The van der Waals surface area contributed by atoms with Crippen molar-refractivity contribution in [3.05, 3.63) is 42.0 Å². The van der Waals surface area contributed by atoms with Crippen molar-refractivity contribution in [1.29, 1.82) is 0 Å². The lowest BCUT2D eigenvalue weighted by Crippen LogP contribution is -2.19. The second kappa shape index (κ2) is 6.06. The molecule has 0 amide bonds. The van der Waals surface area contributed by atoms with Crippen LogP contribution in [0.2, 0.25) is 0 Å². The van der Waals surface area contributed by atoms with E-state index >= 15 is 0 Å². The molecule has 0 saturated carbocycles.